The van der Waals surface area contributed by atoms with Crippen molar-refractivity contribution in [1.82, 2.24) is 20.2 Å². The molecule has 0 radical (unpaired) electrons. The minimum atomic E-state index is -0.127. The molecular weight excluding hydrogens is 436 g/mol. The van der Waals surface area contributed by atoms with Crippen LogP contribution < -0.4 is 10.9 Å². The molecular formula is C25H32N4O3S. The molecule has 1 amide bonds. The van der Waals surface area contributed by atoms with Crippen molar-refractivity contribution in [3.8, 4) is 0 Å². The molecule has 4 rings (SSSR count). The van der Waals surface area contributed by atoms with Gasteiger partial charge in [0, 0.05) is 43.9 Å². The van der Waals surface area contributed by atoms with Crippen LogP contribution in [0.15, 0.2) is 29.1 Å². The summed E-state index contributed by atoms with van der Waals surface area (Å²) in [5.41, 5.74) is 3.18. The van der Waals surface area contributed by atoms with Crippen molar-refractivity contribution in [3.05, 3.63) is 62.0 Å². The Bertz CT molecular complexity index is 1170. The third kappa shape index (κ3) is 5.88. The number of fused-ring (bicyclic) bond motifs is 1. The van der Waals surface area contributed by atoms with Gasteiger partial charge in [-0.25, -0.2) is 4.98 Å². The number of nitrogens with zero attached hydrogens (tertiary/aromatic N) is 2. The second-order valence-corrected chi connectivity index (χ2v) is 10.2. The molecule has 0 saturated carbocycles. The Hall–Kier alpha value is -2.55. The van der Waals surface area contributed by atoms with E-state index in [1.807, 2.05) is 13.8 Å². The maximum Gasteiger partial charge on any atom is 0.259 e. The fourth-order valence-electron chi connectivity index (χ4n) is 4.37. The van der Waals surface area contributed by atoms with E-state index in [0.29, 0.717) is 24.2 Å². The summed E-state index contributed by atoms with van der Waals surface area (Å²) in [6.07, 6.45) is 1.21. The molecule has 1 saturated heterocycles. The number of morpholine rings is 1. The predicted octanol–water partition coefficient (Wildman–Crippen LogP) is 3.46. The van der Waals surface area contributed by atoms with Crippen LogP contribution in [0.2, 0.25) is 0 Å². The smallest absolute Gasteiger partial charge is 0.259 e. The number of thiophene rings is 1. The lowest BCUT2D eigenvalue weighted by Gasteiger charge is -2.35. The molecule has 176 valence electrons. The summed E-state index contributed by atoms with van der Waals surface area (Å²) in [6, 6.07) is 8.39. The SMILES string of the molecule is Cc1sc2nc(CCC(=O)NCc3ccc(CN4CC(C)OC(C)C4)cc3)[nH]c(=O)c2c1C. The number of ether oxygens (including phenoxy) is 1. The highest BCUT2D eigenvalue weighted by Gasteiger charge is 2.22. The van der Waals surface area contributed by atoms with Gasteiger partial charge in [-0.15, -0.1) is 11.3 Å². The summed E-state index contributed by atoms with van der Waals surface area (Å²) >= 11 is 1.52. The monoisotopic (exact) mass is 468 g/mol. The molecule has 3 aromatic rings. The van der Waals surface area contributed by atoms with Gasteiger partial charge in [0.1, 0.15) is 10.7 Å². The first kappa shape index (κ1) is 23.6. The fraction of sp³-hybridized carbons (Fsp3) is 0.480. The number of carbonyl (C=O) groups is 1. The summed E-state index contributed by atoms with van der Waals surface area (Å²) in [6.45, 7) is 11.4. The van der Waals surface area contributed by atoms with Crippen LogP contribution in [0.4, 0.5) is 0 Å². The Kier molecular flexibility index (Phi) is 7.26. The van der Waals surface area contributed by atoms with Crippen molar-refractivity contribution in [3.63, 3.8) is 0 Å². The summed E-state index contributed by atoms with van der Waals surface area (Å²) in [5.74, 6) is 0.497. The highest BCUT2D eigenvalue weighted by atomic mass is 32.1. The Morgan fingerprint density at radius 2 is 1.85 bits per heavy atom. The van der Waals surface area contributed by atoms with E-state index < -0.39 is 0 Å². The zero-order valence-electron chi connectivity index (χ0n) is 19.7. The summed E-state index contributed by atoms with van der Waals surface area (Å²) in [7, 11) is 0. The van der Waals surface area contributed by atoms with Crippen molar-refractivity contribution in [2.45, 2.75) is 65.8 Å². The first-order valence-electron chi connectivity index (χ1n) is 11.5. The van der Waals surface area contributed by atoms with E-state index >= 15 is 0 Å². The van der Waals surface area contributed by atoms with Gasteiger partial charge in [-0.3, -0.25) is 14.5 Å². The van der Waals surface area contributed by atoms with E-state index in [1.165, 1.54) is 16.9 Å². The van der Waals surface area contributed by atoms with Gasteiger partial charge < -0.3 is 15.0 Å². The third-order valence-electron chi connectivity index (χ3n) is 6.09. The average Bonchev–Trinajstić information content (AvgIpc) is 3.05. The number of amides is 1. The molecule has 2 atom stereocenters. The van der Waals surface area contributed by atoms with Crippen molar-refractivity contribution in [2.24, 2.45) is 0 Å². The Morgan fingerprint density at radius 1 is 1.18 bits per heavy atom. The van der Waals surface area contributed by atoms with E-state index in [9.17, 15) is 9.59 Å². The van der Waals surface area contributed by atoms with Gasteiger partial charge in [-0.1, -0.05) is 24.3 Å². The van der Waals surface area contributed by atoms with E-state index in [-0.39, 0.29) is 30.1 Å². The first-order valence-corrected chi connectivity index (χ1v) is 12.3. The molecule has 1 aliphatic rings. The lowest BCUT2D eigenvalue weighted by Crippen LogP contribution is -2.44. The molecule has 3 heterocycles. The number of hydrogen-bond donors (Lipinski definition) is 2. The first-order chi connectivity index (χ1) is 15.8. The van der Waals surface area contributed by atoms with Gasteiger partial charge in [0.25, 0.3) is 5.56 Å². The molecule has 2 unspecified atom stereocenters. The maximum absolute atomic E-state index is 12.4. The minimum absolute atomic E-state index is 0.0587. The van der Waals surface area contributed by atoms with Gasteiger partial charge in [0.05, 0.1) is 17.6 Å². The molecule has 0 bridgehead atoms. The van der Waals surface area contributed by atoms with Crippen LogP contribution in [0, 0.1) is 13.8 Å². The molecule has 33 heavy (non-hydrogen) atoms. The number of H-pyrrole nitrogens is 1. The number of aryl methyl sites for hydroxylation is 3. The molecule has 1 aromatic carbocycles. The van der Waals surface area contributed by atoms with Gasteiger partial charge in [0.15, 0.2) is 0 Å². The van der Waals surface area contributed by atoms with Crippen LogP contribution in [-0.4, -0.2) is 46.1 Å². The molecule has 2 aromatic heterocycles. The van der Waals surface area contributed by atoms with Crippen molar-refractivity contribution in [1.29, 1.82) is 0 Å². The van der Waals surface area contributed by atoms with Crippen LogP contribution in [0.25, 0.3) is 10.2 Å². The molecule has 1 aliphatic heterocycles. The van der Waals surface area contributed by atoms with Gasteiger partial charge in [-0.2, -0.15) is 0 Å². The molecule has 7 nitrogen and oxygen atoms in total. The normalized spacial score (nSPS) is 19.2. The van der Waals surface area contributed by atoms with Crippen molar-refractivity contribution in [2.75, 3.05) is 13.1 Å². The molecule has 0 aliphatic carbocycles. The molecule has 2 N–H and O–H groups in total. The van der Waals surface area contributed by atoms with E-state index in [2.05, 4.69) is 58.3 Å². The largest absolute Gasteiger partial charge is 0.373 e. The Morgan fingerprint density at radius 3 is 2.55 bits per heavy atom. The molecule has 0 spiro atoms. The van der Waals surface area contributed by atoms with Gasteiger partial charge in [0.2, 0.25) is 5.91 Å². The quantitative estimate of drug-likeness (QED) is 0.555. The van der Waals surface area contributed by atoms with Crippen LogP contribution in [0.1, 0.15) is 47.7 Å². The average molecular weight is 469 g/mol. The number of nitrogens with one attached hydrogen (secondary N) is 2. The summed E-state index contributed by atoms with van der Waals surface area (Å²) in [4.78, 5) is 36.3. The standard InChI is InChI=1S/C25H32N4O3S/c1-15-12-29(13-16(2)32-15)14-20-7-5-19(6-8-20)11-26-22(30)10-9-21-27-24(31)23-17(3)18(4)33-25(23)28-21/h5-8,15-16H,9-14H2,1-4H3,(H,26,30)(H,27,28,31). The minimum Gasteiger partial charge on any atom is -0.373 e. The zero-order chi connectivity index (χ0) is 23.5. The highest BCUT2D eigenvalue weighted by Crippen LogP contribution is 2.25. The number of benzene rings is 1. The number of rotatable bonds is 7. The van der Waals surface area contributed by atoms with Crippen LogP contribution >= 0.6 is 11.3 Å². The number of aromatic nitrogens is 2. The Balaban J connectivity index is 1.26. The van der Waals surface area contributed by atoms with Crippen LogP contribution in [-0.2, 0) is 29.0 Å². The molecule has 8 heteroatoms. The third-order valence-corrected chi connectivity index (χ3v) is 7.19. The Labute approximate surface area is 198 Å². The van der Waals surface area contributed by atoms with E-state index in [0.717, 1.165) is 40.5 Å². The fourth-order valence-corrected chi connectivity index (χ4v) is 5.42. The van der Waals surface area contributed by atoms with E-state index in [1.54, 1.807) is 0 Å². The topological polar surface area (TPSA) is 87.3 Å². The van der Waals surface area contributed by atoms with Crippen molar-refractivity contribution >= 4 is 27.5 Å². The number of aromatic amines is 1. The summed E-state index contributed by atoms with van der Waals surface area (Å²) < 4.78 is 5.80. The predicted molar refractivity (Wildman–Crippen MR) is 132 cm³/mol. The maximum atomic E-state index is 12.4. The second kappa shape index (κ2) is 10.2. The lowest BCUT2D eigenvalue weighted by atomic mass is 10.1. The number of carbonyl (C=O) groups excluding carboxylic acids is 1. The van der Waals surface area contributed by atoms with Crippen LogP contribution in [0.5, 0.6) is 0 Å². The van der Waals surface area contributed by atoms with Gasteiger partial charge >= 0.3 is 0 Å². The summed E-state index contributed by atoms with van der Waals surface area (Å²) in [5, 5.41) is 3.62. The van der Waals surface area contributed by atoms with E-state index in [4.69, 9.17) is 4.74 Å². The van der Waals surface area contributed by atoms with Crippen LogP contribution in [0.3, 0.4) is 0 Å². The lowest BCUT2D eigenvalue weighted by molar-refractivity contribution is -0.121. The molecule has 1 fully saturated rings. The second-order valence-electron chi connectivity index (χ2n) is 9.02. The number of hydrogen-bond acceptors (Lipinski definition) is 6. The zero-order valence-corrected chi connectivity index (χ0v) is 20.6. The highest BCUT2D eigenvalue weighted by molar-refractivity contribution is 7.18. The van der Waals surface area contributed by atoms with Gasteiger partial charge in [-0.05, 0) is 44.4 Å². The van der Waals surface area contributed by atoms with Crippen molar-refractivity contribution < 1.29 is 9.53 Å².